The molecule has 0 saturated carbocycles. The molecule has 0 aromatic carbocycles. The highest BCUT2D eigenvalue weighted by Crippen LogP contribution is 2.34. The molecule has 0 aromatic heterocycles. The quantitative estimate of drug-likeness (QED) is 0.633. The molecule has 5 heteroatoms. The van der Waals surface area contributed by atoms with Gasteiger partial charge in [0.2, 0.25) is 0 Å². The number of ether oxygens (including phenoxy) is 1. The van der Waals surface area contributed by atoms with Crippen molar-refractivity contribution in [2.75, 3.05) is 13.2 Å². The van der Waals surface area contributed by atoms with Gasteiger partial charge in [-0.15, -0.1) is 0 Å². The van der Waals surface area contributed by atoms with Crippen LogP contribution < -0.4 is 0 Å². The van der Waals surface area contributed by atoms with Gasteiger partial charge in [0.15, 0.2) is 0 Å². The van der Waals surface area contributed by atoms with E-state index in [1.54, 1.807) is 0 Å². The minimum Gasteiger partial charge on any atom is -0.381 e. The first kappa shape index (κ1) is 9.86. The Balaban J connectivity index is 2.59. The maximum Gasteiger partial charge on any atom is 0.323 e. The molecule has 12 heavy (non-hydrogen) atoms. The molecule has 1 rings (SSSR count). The van der Waals surface area contributed by atoms with Gasteiger partial charge in [0.05, 0.1) is 0 Å². The Hall–Kier alpha value is -0.220. The van der Waals surface area contributed by atoms with E-state index in [4.69, 9.17) is 16.3 Å². The number of carbonyl (C=O) groups excluding carboxylic acids is 1. The Morgan fingerprint density at radius 2 is 1.92 bits per heavy atom. The second kappa shape index (κ2) is 3.66. The molecule has 2 nitrogen and oxygen atoms in total. The van der Waals surface area contributed by atoms with Crippen LogP contribution in [0.2, 0.25) is 0 Å². The molecule has 0 N–H and O–H groups in total. The van der Waals surface area contributed by atoms with Crippen LogP contribution in [0.1, 0.15) is 12.8 Å². The van der Waals surface area contributed by atoms with Crippen molar-refractivity contribution in [1.82, 2.24) is 0 Å². The fourth-order valence-corrected chi connectivity index (χ4v) is 1.37. The Bertz CT molecular complexity index is 178. The summed E-state index contributed by atoms with van der Waals surface area (Å²) in [5.41, 5.74) is 0. The predicted molar refractivity (Wildman–Crippen MR) is 39.4 cm³/mol. The molecule has 70 valence electrons. The molecule has 0 aromatic rings. The lowest BCUT2D eigenvalue weighted by atomic mass is 9.94. The molecule has 0 radical (unpaired) electrons. The summed E-state index contributed by atoms with van der Waals surface area (Å²) in [5, 5.41) is -1.56. The van der Waals surface area contributed by atoms with Crippen LogP contribution in [0, 0.1) is 5.92 Å². The second-order valence-electron chi connectivity index (χ2n) is 2.78. The minimum atomic E-state index is -3.38. The normalized spacial score (nSPS) is 20.9. The van der Waals surface area contributed by atoms with E-state index in [0.717, 1.165) is 0 Å². The molecule has 0 bridgehead atoms. The molecule has 1 aliphatic heterocycles. The summed E-state index contributed by atoms with van der Waals surface area (Å²) in [6.07, 6.45) is 0.400. The third kappa shape index (κ3) is 1.93. The van der Waals surface area contributed by atoms with E-state index in [0.29, 0.717) is 0 Å². The van der Waals surface area contributed by atoms with Gasteiger partial charge in [0.25, 0.3) is 5.24 Å². The van der Waals surface area contributed by atoms with Gasteiger partial charge in [-0.1, -0.05) is 0 Å². The number of hydrogen-bond acceptors (Lipinski definition) is 2. The Labute approximate surface area is 73.8 Å². The zero-order valence-electron chi connectivity index (χ0n) is 6.36. The molecular formula is C7H9ClF2O2. The van der Waals surface area contributed by atoms with Crippen LogP contribution in [0.15, 0.2) is 0 Å². The van der Waals surface area contributed by atoms with Gasteiger partial charge in [-0.2, -0.15) is 8.78 Å². The van der Waals surface area contributed by atoms with Gasteiger partial charge in [-0.3, -0.25) is 4.79 Å². The Kier molecular flexibility index (Phi) is 3.01. The molecule has 0 aliphatic carbocycles. The molecule has 1 heterocycles. The van der Waals surface area contributed by atoms with Gasteiger partial charge in [-0.25, -0.2) is 0 Å². The van der Waals surface area contributed by atoms with Crippen LogP contribution >= 0.6 is 11.6 Å². The maximum absolute atomic E-state index is 12.9. The highest BCUT2D eigenvalue weighted by Gasteiger charge is 2.46. The van der Waals surface area contributed by atoms with E-state index in [9.17, 15) is 13.6 Å². The molecule has 1 aliphatic rings. The minimum absolute atomic E-state index is 0.200. The van der Waals surface area contributed by atoms with Crippen molar-refractivity contribution in [1.29, 1.82) is 0 Å². The summed E-state index contributed by atoms with van der Waals surface area (Å²) < 4.78 is 30.7. The molecular weight excluding hydrogens is 190 g/mol. The molecule has 1 fully saturated rings. The molecule has 0 spiro atoms. The zero-order valence-corrected chi connectivity index (χ0v) is 7.11. The maximum atomic E-state index is 12.9. The highest BCUT2D eigenvalue weighted by molar-refractivity contribution is 6.65. The summed E-state index contributed by atoms with van der Waals surface area (Å²) in [6.45, 7) is 0.564. The van der Waals surface area contributed by atoms with Crippen molar-refractivity contribution in [2.24, 2.45) is 5.92 Å². The lowest BCUT2D eigenvalue weighted by Gasteiger charge is -2.27. The number of carbonyl (C=O) groups is 1. The molecule has 1 saturated heterocycles. The van der Waals surface area contributed by atoms with Crippen LogP contribution in [0.4, 0.5) is 8.78 Å². The van der Waals surface area contributed by atoms with Gasteiger partial charge in [0.1, 0.15) is 0 Å². The van der Waals surface area contributed by atoms with E-state index in [-0.39, 0.29) is 26.1 Å². The van der Waals surface area contributed by atoms with E-state index in [1.807, 2.05) is 0 Å². The van der Waals surface area contributed by atoms with Crippen LogP contribution in [0.25, 0.3) is 0 Å². The van der Waals surface area contributed by atoms with Crippen LogP contribution in [-0.4, -0.2) is 24.4 Å². The molecule has 0 unspecified atom stereocenters. The SMILES string of the molecule is O=C(Cl)C(F)(F)C1CCOCC1. The average molecular weight is 199 g/mol. The molecule has 0 amide bonds. The largest absolute Gasteiger partial charge is 0.381 e. The fourth-order valence-electron chi connectivity index (χ4n) is 1.22. The van der Waals surface area contributed by atoms with Gasteiger partial charge in [0, 0.05) is 19.1 Å². The van der Waals surface area contributed by atoms with Gasteiger partial charge < -0.3 is 4.74 Å². The number of alkyl halides is 2. The van der Waals surface area contributed by atoms with Gasteiger partial charge >= 0.3 is 5.92 Å². The summed E-state index contributed by atoms with van der Waals surface area (Å²) in [7, 11) is 0. The Morgan fingerprint density at radius 3 is 2.33 bits per heavy atom. The fraction of sp³-hybridized carbons (Fsp3) is 0.857. The lowest BCUT2D eigenvalue weighted by molar-refractivity contribution is -0.148. The highest BCUT2D eigenvalue weighted by atomic mass is 35.5. The number of rotatable bonds is 2. The number of halogens is 3. The summed E-state index contributed by atoms with van der Waals surface area (Å²) in [5.74, 6) is -4.33. The second-order valence-corrected chi connectivity index (χ2v) is 3.13. The van der Waals surface area contributed by atoms with E-state index >= 15 is 0 Å². The van der Waals surface area contributed by atoms with Crippen molar-refractivity contribution in [3.8, 4) is 0 Å². The van der Waals surface area contributed by atoms with Crippen molar-refractivity contribution in [3.05, 3.63) is 0 Å². The average Bonchev–Trinajstić information content (AvgIpc) is 2.06. The number of hydrogen-bond donors (Lipinski definition) is 0. The standard InChI is InChI=1S/C7H9ClF2O2/c8-6(11)7(9,10)5-1-3-12-4-2-5/h5H,1-4H2. The topological polar surface area (TPSA) is 26.3 Å². The van der Waals surface area contributed by atoms with Crippen molar-refractivity contribution >= 4 is 16.8 Å². The smallest absolute Gasteiger partial charge is 0.323 e. The predicted octanol–water partition coefficient (Wildman–Crippen LogP) is 1.81. The monoisotopic (exact) mass is 198 g/mol. The van der Waals surface area contributed by atoms with E-state index in [2.05, 4.69) is 0 Å². The zero-order chi connectivity index (χ0) is 9.19. The lowest BCUT2D eigenvalue weighted by Crippen LogP contribution is -2.37. The third-order valence-corrected chi connectivity index (χ3v) is 2.25. The first-order valence-electron chi connectivity index (χ1n) is 3.70. The van der Waals surface area contributed by atoms with E-state index < -0.39 is 17.1 Å². The van der Waals surface area contributed by atoms with E-state index in [1.165, 1.54) is 0 Å². The summed E-state index contributed by atoms with van der Waals surface area (Å²) in [4.78, 5) is 10.3. The summed E-state index contributed by atoms with van der Waals surface area (Å²) >= 11 is 4.77. The summed E-state index contributed by atoms with van der Waals surface area (Å²) in [6, 6.07) is 0. The molecule has 0 atom stereocenters. The third-order valence-electron chi connectivity index (χ3n) is 2.00. The van der Waals surface area contributed by atoms with Crippen LogP contribution in [0.5, 0.6) is 0 Å². The first-order chi connectivity index (χ1) is 5.55. The Morgan fingerprint density at radius 1 is 1.42 bits per heavy atom. The van der Waals surface area contributed by atoms with Crippen molar-refractivity contribution in [3.63, 3.8) is 0 Å². The van der Waals surface area contributed by atoms with Crippen LogP contribution in [0.3, 0.4) is 0 Å². The van der Waals surface area contributed by atoms with Crippen molar-refractivity contribution < 1.29 is 18.3 Å². The van der Waals surface area contributed by atoms with Crippen LogP contribution in [-0.2, 0) is 9.53 Å². The van der Waals surface area contributed by atoms with Crippen molar-refractivity contribution in [2.45, 2.75) is 18.8 Å². The van der Waals surface area contributed by atoms with Gasteiger partial charge in [-0.05, 0) is 24.4 Å². The first-order valence-corrected chi connectivity index (χ1v) is 4.08.